The van der Waals surface area contributed by atoms with Crippen LogP contribution >= 0.6 is 0 Å². The van der Waals surface area contributed by atoms with Crippen LogP contribution < -0.4 is 4.90 Å². The second kappa shape index (κ2) is 5.91. The molecule has 0 radical (unpaired) electrons. The van der Waals surface area contributed by atoms with Crippen molar-refractivity contribution in [2.75, 3.05) is 11.4 Å². The fraction of sp³-hybridized carbons (Fsp3) is 0.222. The van der Waals surface area contributed by atoms with Crippen molar-refractivity contribution in [2.45, 2.75) is 19.8 Å². The monoisotopic (exact) mass is 332 g/mol. The molecule has 124 valence electrons. The van der Waals surface area contributed by atoms with Crippen molar-refractivity contribution in [3.8, 4) is 23.1 Å². The first kappa shape index (κ1) is 15.1. The first-order valence-electron chi connectivity index (χ1n) is 8.04. The number of aromatic amines is 1. The van der Waals surface area contributed by atoms with Gasteiger partial charge in [0.05, 0.1) is 29.2 Å². The van der Waals surface area contributed by atoms with Crippen molar-refractivity contribution in [2.24, 2.45) is 0 Å². The highest BCUT2D eigenvalue weighted by Gasteiger charge is 2.23. The molecule has 0 aliphatic carbocycles. The largest absolute Gasteiger partial charge is 0.507 e. The molecule has 1 aromatic carbocycles. The summed E-state index contributed by atoms with van der Waals surface area (Å²) >= 11 is 0. The van der Waals surface area contributed by atoms with Crippen molar-refractivity contribution in [3.05, 3.63) is 47.3 Å². The lowest BCUT2D eigenvalue weighted by atomic mass is 9.98. The standard InChI is InChI=1S/C18H16N6O/c1-11-5-12(8-19)6-16(25)17(11)15-7-13-3-2-4-24(18(13)23-22-15)14-9-20-21-10-14/h5-7,9-10,25H,2-4H2,1H3,(H,20,21). The Hall–Kier alpha value is -3.40. The predicted molar refractivity (Wildman–Crippen MR) is 92.5 cm³/mol. The topological polar surface area (TPSA) is 102 Å². The number of phenolic OH excluding ortho intramolecular Hbond substituents is 1. The van der Waals surface area contributed by atoms with Crippen LogP contribution in [0.15, 0.2) is 30.6 Å². The van der Waals surface area contributed by atoms with Gasteiger partial charge in [-0.2, -0.15) is 10.4 Å². The Labute approximate surface area is 144 Å². The second-order valence-electron chi connectivity index (χ2n) is 6.09. The highest BCUT2D eigenvalue weighted by Crippen LogP contribution is 2.36. The van der Waals surface area contributed by atoms with Crippen LogP contribution in [0.2, 0.25) is 0 Å². The van der Waals surface area contributed by atoms with Crippen LogP contribution in [0, 0.1) is 18.3 Å². The number of aromatic hydroxyl groups is 1. The molecule has 1 aliphatic rings. The molecule has 0 unspecified atom stereocenters. The molecule has 0 saturated carbocycles. The number of anilines is 2. The molecule has 7 nitrogen and oxygen atoms in total. The minimum Gasteiger partial charge on any atom is -0.507 e. The summed E-state index contributed by atoms with van der Waals surface area (Å²) < 4.78 is 0. The smallest absolute Gasteiger partial charge is 0.159 e. The number of fused-ring (bicyclic) bond motifs is 1. The van der Waals surface area contributed by atoms with E-state index < -0.39 is 0 Å². The number of H-pyrrole nitrogens is 1. The summed E-state index contributed by atoms with van der Waals surface area (Å²) in [7, 11) is 0. The molecule has 7 heteroatoms. The number of benzene rings is 1. The number of nitriles is 1. The first-order valence-corrected chi connectivity index (χ1v) is 8.04. The Morgan fingerprint density at radius 1 is 1.28 bits per heavy atom. The molecule has 3 heterocycles. The van der Waals surface area contributed by atoms with E-state index >= 15 is 0 Å². The second-order valence-corrected chi connectivity index (χ2v) is 6.09. The third kappa shape index (κ3) is 2.58. The number of nitrogens with one attached hydrogen (secondary N) is 1. The van der Waals surface area contributed by atoms with Gasteiger partial charge in [-0.15, -0.1) is 10.2 Å². The number of hydrogen-bond donors (Lipinski definition) is 2. The van der Waals surface area contributed by atoms with Crippen LogP contribution in [0.5, 0.6) is 5.75 Å². The lowest BCUT2D eigenvalue weighted by Gasteiger charge is -2.28. The Morgan fingerprint density at radius 3 is 2.88 bits per heavy atom. The normalized spacial score (nSPS) is 13.4. The average Bonchev–Trinajstić information content (AvgIpc) is 3.14. The van der Waals surface area contributed by atoms with Crippen LogP contribution in [0.4, 0.5) is 11.5 Å². The number of aromatic nitrogens is 4. The summed E-state index contributed by atoms with van der Waals surface area (Å²) in [6.45, 7) is 2.72. The molecule has 0 saturated heterocycles. The Kier molecular flexibility index (Phi) is 3.58. The number of aryl methyl sites for hydroxylation is 2. The van der Waals surface area contributed by atoms with Gasteiger partial charge < -0.3 is 10.0 Å². The Balaban J connectivity index is 1.79. The van der Waals surface area contributed by atoms with E-state index in [0.717, 1.165) is 42.0 Å². The van der Waals surface area contributed by atoms with Crippen molar-refractivity contribution >= 4 is 11.5 Å². The quantitative estimate of drug-likeness (QED) is 0.748. The number of hydrogen-bond acceptors (Lipinski definition) is 6. The van der Waals surface area contributed by atoms with E-state index in [9.17, 15) is 5.11 Å². The van der Waals surface area contributed by atoms with Gasteiger partial charge in [0.15, 0.2) is 5.82 Å². The van der Waals surface area contributed by atoms with Crippen LogP contribution in [0.1, 0.15) is 23.1 Å². The molecule has 2 N–H and O–H groups in total. The molecule has 25 heavy (non-hydrogen) atoms. The highest BCUT2D eigenvalue weighted by atomic mass is 16.3. The molecule has 2 aromatic heterocycles. The fourth-order valence-electron chi connectivity index (χ4n) is 3.30. The van der Waals surface area contributed by atoms with Gasteiger partial charge >= 0.3 is 0 Å². The van der Waals surface area contributed by atoms with E-state index in [2.05, 4.69) is 25.3 Å². The van der Waals surface area contributed by atoms with Crippen LogP contribution in [0.3, 0.4) is 0 Å². The molecule has 4 rings (SSSR count). The molecule has 0 spiro atoms. The summed E-state index contributed by atoms with van der Waals surface area (Å²) in [5.74, 6) is 0.871. The summed E-state index contributed by atoms with van der Waals surface area (Å²) in [4.78, 5) is 2.09. The van der Waals surface area contributed by atoms with Crippen LogP contribution in [-0.4, -0.2) is 32.0 Å². The molecule has 0 bridgehead atoms. The minimum absolute atomic E-state index is 0.0494. The third-order valence-corrected chi connectivity index (χ3v) is 4.43. The van der Waals surface area contributed by atoms with E-state index in [-0.39, 0.29) is 5.75 Å². The van der Waals surface area contributed by atoms with Gasteiger partial charge in [0.25, 0.3) is 0 Å². The maximum atomic E-state index is 10.3. The summed E-state index contributed by atoms with van der Waals surface area (Å²) in [6, 6.07) is 7.23. The minimum atomic E-state index is 0.0494. The van der Waals surface area contributed by atoms with Gasteiger partial charge in [-0.05, 0) is 49.1 Å². The fourth-order valence-corrected chi connectivity index (χ4v) is 3.30. The molecular formula is C18H16N6O. The molecule has 1 aliphatic heterocycles. The van der Waals surface area contributed by atoms with E-state index in [1.165, 1.54) is 6.07 Å². The predicted octanol–water partition coefficient (Wildman–Crippen LogP) is 2.84. The SMILES string of the molecule is Cc1cc(C#N)cc(O)c1-c1cc2c(nn1)N(c1cn[nH]c1)CCC2. The van der Waals surface area contributed by atoms with Crippen molar-refractivity contribution in [3.63, 3.8) is 0 Å². The molecular weight excluding hydrogens is 316 g/mol. The molecule has 0 amide bonds. The zero-order valence-electron chi connectivity index (χ0n) is 13.7. The Morgan fingerprint density at radius 2 is 2.16 bits per heavy atom. The van der Waals surface area contributed by atoms with Gasteiger partial charge in [0.1, 0.15) is 5.75 Å². The van der Waals surface area contributed by atoms with Gasteiger partial charge in [0.2, 0.25) is 0 Å². The van der Waals surface area contributed by atoms with Gasteiger partial charge in [-0.1, -0.05) is 0 Å². The molecule has 0 fully saturated rings. The van der Waals surface area contributed by atoms with E-state index in [4.69, 9.17) is 5.26 Å². The van der Waals surface area contributed by atoms with Crippen molar-refractivity contribution < 1.29 is 5.11 Å². The number of rotatable bonds is 2. The zero-order valence-corrected chi connectivity index (χ0v) is 13.7. The van der Waals surface area contributed by atoms with E-state index in [1.807, 2.05) is 25.3 Å². The van der Waals surface area contributed by atoms with E-state index in [1.54, 1.807) is 12.3 Å². The summed E-state index contributed by atoms with van der Waals surface area (Å²) in [5, 5.41) is 34.9. The zero-order chi connectivity index (χ0) is 17.4. The first-order chi connectivity index (χ1) is 12.2. The van der Waals surface area contributed by atoms with E-state index in [0.29, 0.717) is 16.8 Å². The van der Waals surface area contributed by atoms with Gasteiger partial charge in [0, 0.05) is 18.3 Å². The lowest BCUT2D eigenvalue weighted by Crippen LogP contribution is -2.25. The van der Waals surface area contributed by atoms with Crippen LogP contribution in [0.25, 0.3) is 11.3 Å². The maximum Gasteiger partial charge on any atom is 0.159 e. The summed E-state index contributed by atoms with van der Waals surface area (Å²) in [5.41, 5.74) is 4.51. The maximum absolute atomic E-state index is 10.3. The van der Waals surface area contributed by atoms with Gasteiger partial charge in [-0.25, -0.2) is 0 Å². The Bertz CT molecular complexity index is 951. The molecule has 3 aromatic rings. The van der Waals surface area contributed by atoms with Crippen molar-refractivity contribution in [1.29, 1.82) is 5.26 Å². The average molecular weight is 332 g/mol. The molecule has 0 atom stereocenters. The van der Waals surface area contributed by atoms with Crippen LogP contribution in [-0.2, 0) is 6.42 Å². The number of phenols is 1. The van der Waals surface area contributed by atoms with Crippen molar-refractivity contribution in [1.82, 2.24) is 20.4 Å². The van der Waals surface area contributed by atoms with Gasteiger partial charge in [-0.3, -0.25) is 5.10 Å². The lowest BCUT2D eigenvalue weighted by molar-refractivity contribution is 0.476. The third-order valence-electron chi connectivity index (χ3n) is 4.43. The number of nitrogens with zero attached hydrogens (tertiary/aromatic N) is 5. The highest BCUT2D eigenvalue weighted by molar-refractivity contribution is 5.74. The summed E-state index contributed by atoms with van der Waals surface area (Å²) in [6.07, 6.45) is 5.51.